The Morgan fingerprint density at radius 3 is 2.38 bits per heavy atom. The standard InChI is InChI=1S/C24H28N2O6/c1-5-18-21(23(27)31-6-2)22(26-24(28)25-18)16-9-12-19(20(13-16)30-4)32-14-15-7-10-17(29-3)11-8-15/h7-13,22H,5-6,14H2,1-4H3,(H2,25,26,28). The molecule has 0 aliphatic carbocycles. The molecule has 2 N–H and O–H groups in total. The molecule has 2 aromatic carbocycles. The Hall–Kier alpha value is -3.68. The van der Waals surface area contributed by atoms with Crippen molar-refractivity contribution < 1.29 is 28.5 Å². The topological polar surface area (TPSA) is 95.1 Å². The van der Waals surface area contributed by atoms with Gasteiger partial charge in [0, 0.05) is 5.70 Å². The lowest BCUT2D eigenvalue weighted by atomic mass is 9.94. The second-order valence-electron chi connectivity index (χ2n) is 7.04. The zero-order chi connectivity index (χ0) is 23.1. The molecule has 0 bridgehead atoms. The minimum atomic E-state index is -0.665. The van der Waals surface area contributed by atoms with E-state index in [1.165, 1.54) is 0 Å². The lowest BCUT2D eigenvalue weighted by Crippen LogP contribution is -2.45. The van der Waals surface area contributed by atoms with E-state index in [0.717, 1.165) is 11.3 Å². The summed E-state index contributed by atoms with van der Waals surface area (Å²) in [6.07, 6.45) is 0.484. The number of rotatable bonds is 9. The van der Waals surface area contributed by atoms with Crippen LogP contribution in [0.2, 0.25) is 0 Å². The van der Waals surface area contributed by atoms with Crippen LogP contribution < -0.4 is 24.8 Å². The largest absolute Gasteiger partial charge is 0.497 e. The van der Waals surface area contributed by atoms with E-state index in [1.807, 2.05) is 31.2 Å². The maximum atomic E-state index is 12.6. The summed E-state index contributed by atoms with van der Waals surface area (Å²) in [4.78, 5) is 24.8. The minimum Gasteiger partial charge on any atom is -0.497 e. The lowest BCUT2D eigenvalue weighted by molar-refractivity contribution is -0.139. The first-order valence-corrected chi connectivity index (χ1v) is 10.4. The first kappa shape index (κ1) is 23.0. The summed E-state index contributed by atoms with van der Waals surface area (Å²) in [7, 11) is 3.16. The van der Waals surface area contributed by atoms with Crippen molar-refractivity contribution in [1.29, 1.82) is 0 Å². The van der Waals surface area contributed by atoms with E-state index in [1.54, 1.807) is 39.3 Å². The van der Waals surface area contributed by atoms with Crippen LogP contribution in [0.25, 0.3) is 0 Å². The predicted molar refractivity (Wildman–Crippen MR) is 119 cm³/mol. The van der Waals surface area contributed by atoms with E-state index >= 15 is 0 Å². The quantitative estimate of drug-likeness (QED) is 0.575. The van der Waals surface area contributed by atoms with E-state index in [9.17, 15) is 9.59 Å². The molecule has 3 rings (SSSR count). The second-order valence-corrected chi connectivity index (χ2v) is 7.04. The highest BCUT2D eigenvalue weighted by molar-refractivity contribution is 5.95. The first-order chi connectivity index (χ1) is 15.5. The molecule has 0 saturated carbocycles. The molecule has 0 aromatic heterocycles. The molecule has 170 valence electrons. The van der Waals surface area contributed by atoms with Crippen LogP contribution in [-0.2, 0) is 16.1 Å². The monoisotopic (exact) mass is 440 g/mol. The van der Waals surface area contributed by atoms with Crippen molar-refractivity contribution in [3.63, 3.8) is 0 Å². The number of carbonyl (C=O) groups is 2. The van der Waals surface area contributed by atoms with Gasteiger partial charge in [-0.1, -0.05) is 25.1 Å². The number of urea groups is 1. The number of allylic oxidation sites excluding steroid dienone is 1. The molecular formula is C24H28N2O6. The van der Waals surface area contributed by atoms with Crippen LogP contribution in [0.1, 0.15) is 37.4 Å². The van der Waals surface area contributed by atoms with E-state index in [0.29, 0.717) is 41.4 Å². The Labute approximate surface area is 187 Å². The number of carbonyl (C=O) groups excluding carboxylic acids is 2. The van der Waals surface area contributed by atoms with Crippen LogP contribution in [0.3, 0.4) is 0 Å². The fraction of sp³-hybridized carbons (Fsp3) is 0.333. The smallest absolute Gasteiger partial charge is 0.338 e. The number of ether oxygens (including phenoxy) is 4. The average Bonchev–Trinajstić information content (AvgIpc) is 2.82. The molecule has 0 radical (unpaired) electrons. The number of hydrogen-bond donors (Lipinski definition) is 2. The number of hydrogen-bond acceptors (Lipinski definition) is 6. The number of amides is 2. The van der Waals surface area contributed by atoms with Gasteiger partial charge < -0.3 is 29.6 Å². The molecule has 1 atom stereocenters. The fourth-order valence-corrected chi connectivity index (χ4v) is 3.46. The molecular weight excluding hydrogens is 412 g/mol. The summed E-state index contributed by atoms with van der Waals surface area (Å²) in [6, 6.07) is 11.9. The number of esters is 1. The molecule has 2 aromatic rings. The Morgan fingerprint density at radius 1 is 1.00 bits per heavy atom. The zero-order valence-corrected chi connectivity index (χ0v) is 18.7. The van der Waals surface area contributed by atoms with Gasteiger partial charge in [-0.05, 0) is 48.7 Å². The molecule has 0 fully saturated rings. The summed E-state index contributed by atoms with van der Waals surface area (Å²) < 4.78 is 21.9. The molecule has 2 amide bonds. The summed E-state index contributed by atoms with van der Waals surface area (Å²) in [5.74, 6) is 1.34. The van der Waals surface area contributed by atoms with Crippen molar-refractivity contribution in [3.8, 4) is 17.2 Å². The van der Waals surface area contributed by atoms with Gasteiger partial charge in [0.25, 0.3) is 0 Å². The van der Waals surface area contributed by atoms with Crippen molar-refractivity contribution in [1.82, 2.24) is 10.6 Å². The van der Waals surface area contributed by atoms with E-state index < -0.39 is 12.0 Å². The summed E-state index contributed by atoms with van der Waals surface area (Å²) >= 11 is 0. The normalized spacial score (nSPS) is 15.5. The molecule has 1 aliphatic rings. The third kappa shape index (κ3) is 5.14. The Morgan fingerprint density at radius 2 is 1.75 bits per heavy atom. The van der Waals surface area contributed by atoms with Crippen molar-refractivity contribution in [2.45, 2.75) is 32.9 Å². The number of nitrogens with one attached hydrogen (secondary N) is 2. The lowest BCUT2D eigenvalue weighted by Gasteiger charge is -2.29. The highest BCUT2D eigenvalue weighted by atomic mass is 16.5. The third-order valence-corrected chi connectivity index (χ3v) is 5.08. The Bertz CT molecular complexity index is 1000. The van der Waals surface area contributed by atoms with Gasteiger partial charge in [-0.15, -0.1) is 0 Å². The number of methoxy groups -OCH3 is 2. The van der Waals surface area contributed by atoms with Gasteiger partial charge in [0.05, 0.1) is 32.4 Å². The van der Waals surface area contributed by atoms with Crippen LogP contribution in [0.15, 0.2) is 53.7 Å². The third-order valence-electron chi connectivity index (χ3n) is 5.08. The zero-order valence-electron chi connectivity index (χ0n) is 18.7. The van der Waals surface area contributed by atoms with E-state index in [2.05, 4.69) is 10.6 Å². The second kappa shape index (κ2) is 10.6. The van der Waals surface area contributed by atoms with Crippen molar-refractivity contribution in [2.24, 2.45) is 0 Å². The Kier molecular flexibility index (Phi) is 7.59. The molecule has 0 spiro atoms. The number of benzene rings is 2. The van der Waals surface area contributed by atoms with Gasteiger partial charge in [0.1, 0.15) is 12.4 Å². The van der Waals surface area contributed by atoms with Gasteiger partial charge in [-0.2, -0.15) is 0 Å². The molecule has 1 aliphatic heterocycles. The van der Waals surface area contributed by atoms with Gasteiger partial charge >= 0.3 is 12.0 Å². The molecule has 0 saturated heterocycles. The summed E-state index contributed by atoms with van der Waals surface area (Å²) in [5, 5.41) is 5.51. The maximum absolute atomic E-state index is 12.6. The van der Waals surface area contributed by atoms with Crippen LogP contribution in [-0.4, -0.2) is 32.8 Å². The van der Waals surface area contributed by atoms with Crippen LogP contribution >= 0.6 is 0 Å². The summed E-state index contributed by atoms with van der Waals surface area (Å²) in [6.45, 7) is 4.19. The predicted octanol–water partition coefficient (Wildman–Crippen LogP) is 3.86. The van der Waals surface area contributed by atoms with Crippen LogP contribution in [0.4, 0.5) is 4.79 Å². The molecule has 1 heterocycles. The van der Waals surface area contributed by atoms with Gasteiger partial charge in [-0.25, -0.2) is 9.59 Å². The highest BCUT2D eigenvalue weighted by Gasteiger charge is 2.33. The van der Waals surface area contributed by atoms with Crippen molar-refractivity contribution in [3.05, 3.63) is 64.9 Å². The highest BCUT2D eigenvalue weighted by Crippen LogP contribution is 2.35. The van der Waals surface area contributed by atoms with E-state index in [-0.39, 0.29) is 12.6 Å². The first-order valence-electron chi connectivity index (χ1n) is 10.4. The van der Waals surface area contributed by atoms with Gasteiger partial charge in [0.15, 0.2) is 11.5 Å². The SMILES string of the molecule is CCOC(=O)C1=C(CC)NC(=O)NC1c1ccc(OCc2ccc(OC)cc2)c(OC)c1. The molecule has 8 nitrogen and oxygen atoms in total. The molecule has 32 heavy (non-hydrogen) atoms. The fourth-order valence-electron chi connectivity index (χ4n) is 3.46. The van der Waals surface area contributed by atoms with Crippen molar-refractivity contribution in [2.75, 3.05) is 20.8 Å². The molecule has 1 unspecified atom stereocenters. The van der Waals surface area contributed by atoms with Crippen LogP contribution in [0, 0.1) is 0 Å². The maximum Gasteiger partial charge on any atom is 0.338 e. The molecule has 8 heteroatoms. The average molecular weight is 440 g/mol. The van der Waals surface area contributed by atoms with E-state index in [4.69, 9.17) is 18.9 Å². The Balaban J connectivity index is 1.87. The summed E-state index contributed by atoms with van der Waals surface area (Å²) in [5.41, 5.74) is 2.57. The minimum absolute atomic E-state index is 0.238. The van der Waals surface area contributed by atoms with Gasteiger partial charge in [-0.3, -0.25) is 0 Å². The van der Waals surface area contributed by atoms with Crippen molar-refractivity contribution >= 4 is 12.0 Å². The van der Waals surface area contributed by atoms with Crippen LogP contribution in [0.5, 0.6) is 17.2 Å². The van der Waals surface area contributed by atoms with Gasteiger partial charge in [0.2, 0.25) is 0 Å².